The van der Waals surface area contributed by atoms with Gasteiger partial charge in [0.15, 0.2) is 0 Å². The molecule has 8 heteroatoms. The third-order valence-electron chi connectivity index (χ3n) is 3.68. The molecular formula is C12H24N2O5S. The molecule has 7 nitrogen and oxygen atoms in total. The Hall–Kier alpha value is -0.700. The Morgan fingerprint density at radius 2 is 1.90 bits per heavy atom. The highest BCUT2D eigenvalue weighted by atomic mass is 32.2. The van der Waals surface area contributed by atoms with Gasteiger partial charge in [-0.05, 0) is 18.3 Å². The molecule has 0 aromatic heterocycles. The minimum absolute atomic E-state index is 0.00753. The van der Waals surface area contributed by atoms with Crippen molar-refractivity contribution < 1.29 is 23.1 Å². The van der Waals surface area contributed by atoms with Gasteiger partial charge in [-0.15, -0.1) is 0 Å². The fraction of sp³-hybridized carbons (Fsp3) is 0.917. The average molecular weight is 308 g/mol. The van der Waals surface area contributed by atoms with Gasteiger partial charge in [0.05, 0.1) is 13.0 Å². The number of ether oxygens (including phenoxy) is 1. The summed E-state index contributed by atoms with van der Waals surface area (Å²) in [6.07, 6.45) is 4.49. The second-order valence-electron chi connectivity index (χ2n) is 5.34. The van der Waals surface area contributed by atoms with E-state index in [0.717, 1.165) is 32.1 Å². The zero-order valence-corrected chi connectivity index (χ0v) is 12.7. The predicted molar refractivity (Wildman–Crippen MR) is 74.6 cm³/mol. The molecular weight excluding hydrogens is 284 g/mol. The van der Waals surface area contributed by atoms with Crippen LogP contribution in [0.25, 0.3) is 0 Å². The van der Waals surface area contributed by atoms with E-state index in [9.17, 15) is 13.2 Å². The predicted octanol–water partition coefficient (Wildman–Crippen LogP) is 0.482. The van der Waals surface area contributed by atoms with Crippen LogP contribution in [0.2, 0.25) is 0 Å². The van der Waals surface area contributed by atoms with Crippen molar-refractivity contribution in [3.8, 4) is 0 Å². The number of nitrogens with one attached hydrogen (secondary N) is 2. The maximum atomic E-state index is 11.8. The van der Waals surface area contributed by atoms with E-state index < -0.39 is 21.6 Å². The van der Waals surface area contributed by atoms with Gasteiger partial charge in [-0.2, -0.15) is 13.1 Å². The molecule has 1 fully saturated rings. The normalized spacial score (nSPS) is 18.9. The molecule has 0 aromatic rings. The van der Waals surface area contributed by atoms with Crippen molar-refractivity contribution in [3.05, 3.63) is 0 Å². The van der Waals surface area contributed by atoms with E-state index in [1.165, 1.54) is 7.11 Å². The highest BCUT2D eigenvalue weighted by Crippen LogP contribution is 2.38. The quantitative estimate of drug-likeness (QED) is 0.537. The monoisotopic (exact) mass is 308 g/mol. The van der Waals surface area contributed by atoms with E-state index >= 15 is 0 Å². The molecule has 20 heavy (non-hydrogen) atoms. The molecule has 0 aliphatic heterocycles. The summed E-state index contributed by atoms with van der Waals surface area (Å²) in [5, 5.41) is 9.02. The largest absolute Gasteiger partial charge is 0.481 e. The van der Waals surface area contributed by atoms with Gasteiger partial charge in [-0.3, -0.25) is 4.79 Å². The van der Waals surface area contributed by atoms with Gasteiger partial charge in [0.1, 0.15) is 0 Å². The maximum absolute atomic E-state index is 11.8. The lowest BCUT2D eigenvalue weighted by Crippen LogP contribution is -2.45. The van der Waals surface area contributed by atoms with E-state index in [2.05, 4.69) is 9.44 Å². The van der Waals surface area contributed by atoms with Gasteiger partial charge in [0.2, 0.25) is 0 Å². The van der Waals surface area contributed by atoms with Crippen molar-refractivity contribution in [2.45, 2.75) is 38.5 Å². The van der Waals surface area contributed by atoms with E-state index in [0.29, 0.717) is 6.61 Å². The van der Waals surface area contributed by atoms with Crippen LogP contribution in [0.3, 0.4) is 0 Å². The minimum Gasteiger partial charge on any atom is -0.481 e. The van der Waals surface area contributed by atoms with E-state index in [4.69, 9.17) is 9.84 Å². The lowest BCUT2D eigenvalue weighted by molar-refractivity contribution is -0.140. The molecule has 0 unspecified atom stereocenters. The fourth-order valence-corrected chi connectivity index (χ4v) is 3.57. The molecule has 0 bridgehead atoms. The molecule has 1 aliphatic rings. The number of carboxylic acid groups (broad SMARTS) is 1. The van der Waals surface area contributed by atoms with Crippen LogP contribution in [0, 0.1) is 5.41 Å². The summed E-state index contributed by atoms with van der Waals surface area (Å²) >= 11 is 0. The van der Waals surface area contributed by atoms with Crippen LogP contribution in [-0.2, 0) is 19.7 Å². The first-order valence-corrected chi connectivity index (χ1v) is 8.32. The van der Waals surface area contributed by atoms with Gasteiger partial charge in [-0.1, -0.05) is 19.3 Å². The summed E-state index contributed by atoms with van der Waals surface area (Å²) in [6.45, 7) is 0.653. The summed E-state index contributed by atoms with van der Waals surface area (Å²) < 4.78 is 33.1. The highest BCUT2D eigenvalue weighted by Gasteiger charge is 2.35. The van der Waals surface area contributed by atoms with Crippen LogP contribution in [0.1, 0.15) is 38.5 Å². The standard InChI is InChI=1S/C12H24N2O5S/c1-19-8-7-13-20(17,18)14-10-12(9-11(15)16)5-3-2-4-6-12/h13-14H,2-10H2,1H3,(H,15,16). The van der Waals surface area contributed by atoms with Gasteiger partial charge >= 0.3 is 5.97 Å². The maximum Gasteiger partial charge on any atom is 0.303 e. The number of rotatable bonds is 9. The van der Waals surface area contributed by atoms with Crippen LogP contribution in [0.15, 0.2) is 0 Å². The number of hydrogen-bond acceptors (Lipinski definition) is 4. The summed E-state index contributed by atoms with van der Waals surface area (Å²) in [4.78, 5) is 11.0. The molecule has 0 atom stereocenters. The summed E-state index contributed by atoms with van der Waals surface area (Å²) in [7, 11) is -2.11. The molecule has 0 saturated heterocycles. The summed E-state index contributed by atoms with van der Waals surface area (Å²) in [5.74, 6) is -0.876. The van der Waals surface area contributed by atoms with Gasteiger partial charge in [0, 0.05) is 20.2 Å². The van der Waals surface area contributed by atoms with Crippen molar-refractivity contribution in [1.82, 2.24) is 9.44 Å². The number of hydrogen-bond donors (Lipinski definition) is 3. The number of carbonyl (C=O) groups is 1. The van der Waals surface area contributed by atoms with Crippen molar-refractivity contribution in [1.29, 1.82) is 0 Å². The van der Waals surface area contributed by atoms with Crippen LogP contribution in [0.4, 0.5) is 0 Å². The molecule has 0 radical (unpaired) electrons. The van der Waals surface area contributed by atoms with Crippen molar-refractivity contribution >= 4 is 16.2 Å². The van der Waals surface area contributed by atoms with E-state index in [1.54, 1.807) is 0 Å². The fourth-order valence-electron chi connectivity index (χ4n) is 2.62. The molecule has 0 aromatic carbocycles. The molecule has 1 rings (SSSR count). The van der Waals surface area contributed by atoms with Crippen LogP contribution >= 0.6 is 0 Å². The van der Waals surface area contributed by atoms with Gasteiger partial charge < -0.3 is 9.84 Å². The third kappa shape index (κ3) is 6.17. The second kappa shape index (κ2) is 7.92. The van der Waals surface area contributed by atoms with E-state index in [1.807, 2.05) is 0 Å². The van der Waals surface area contributed by atoms with Crippen LogP contribution in [0.5, 0.6) is 0 Å². The smallest absolute Gasteiger partial charge is 0.303 e. The van der Waals surface area contributed by atoms with Crippen molar-refractivity contribution in [2.75, 3.05) is 26.8 Å². The Balaban J connectivity index is 2.55. The lowest BCUT2D eigenvalue weighted by atomic mass is 9.72. The molecule has 0 heterocycles. The first kappa shape index (κ1) is 17.4. The van der Waals surface area contributed by atoms with Gasteiger partial charge in [0.25, 0.3) is 10.2 Å². The Labute approximate surface area is 120 Å². The highest BCUT2D eigenvalue weighted by molar-refractivity contribution is 7.87. The Morgan fingerprint density at radius 1 is 1.25 bits per heavy atom. The first-order valence-electron chi connectivity index (χ1n) is 6.84. The average Bonchev–Trinajstić information content (AvgIpc) is 2.37. The van der Waals surface area contributed by atoms with Crippen molar-refractivity contribution in [3.63, 3.8) is 0 Å². The molecule has 118 valence electrons. The third-order valence-corrected chi connectivity index (χ3v) is 4.78. The molecule has 1 aliphatic carbocycles. The van der Waals surface area contributed by atoms with Crippen molar-refractivity contribution in [2.24, 2.45) is 5.41 Å². The van der Waals surface area contributed by atoms with Crippen LogP contribution < -0.4 is 9.44 Å². The zero-order chi connectivity index (χ0) is 15.1. The molecule has 0 amide bonds. The number of carboxylic acids is 1. The number of aliphatic carboxylic acids is 1. The summed E-state index contributed by atoms with van der Waals surface area (Å²) in [5.41, 5.74) is -0.458. The SMILES string of the molecule is COCCNS(=O)(=O)NCC1(CC(=O)O)CCCCC1. The van der Waals surface area contributed by atoms with E-state index in [-0.39, 0.29) is 19.5 Å². The number of methoxy groups -OCH3 is 1. The lowest BCUT2D eigenvalue weighted by Gasteiger charge is -2.36. The second-order valence-corrected chi connectivity index (χ2v) is 6.93. The topological polar surface area (TPSA) is 105 Å². The zero-order valence-electron chi connectivity index (χ0n) is 11.9. The Morgan fingerprint density at radius 3 is 2.45 bits per heavy atom. The summed E-state index contributed by atoms with van der Waals surface area (Å²) in [6, 6.07) is 0. The molecule has 1 saturated carbocycles. The Bertz CT molecular complexity index is 404. The molecule has 3 N–H and O–H groups in total. The first-order chi connectivity index (χ1) is 9.39. The minimum atomic E-state index is -3.60. The van der Waals surface area contributed by atoms with Crippen LogP contribution in [-0.4, -0.2) is 46.3 Å². The van der Waals surface area contributed by atoms with Gasteiger partial charge in [-0.25, -0.2) is 4.72 Å². The molecule has 0 spiro atoms. The Kier molecular flexibility index (Phi) is 6.87.